The molecule has 4 nitrogen and oxygen atoms in total. The van der Waals surface area contributed by atoms with Crippen molar-refractivity contribution in [2.75, 3.05) is 12.5 Å². The smallest absolute Gasteiger partial charge is 0.247 e. The lowest BCUT2D eigenvalue weighted by molar-refractivity contribution is 0.317. The van der Waals surface area contributed by atoms with Crippen LogP contribution in [0.2, 0.25) is 0 Å². The van der Waals surface area contributed by atoms with Gasteiger partial charge in [-0.05, 0) is 24.6 Å². The Bertz CT molecular complexity index is 499. The van der Waals surface area contributed by atoms with Crippen LogP contribution in [0.15, 0.2) is 28.7 Å². The van der Waals surface area contributed by atoms with Gasteiger partial charge in [0.1, 0.15) is 5.75 Å². The molecule has 2 aromatic rings. The van der Waals surface area contributed by atoms with Gasteiger partial charge >= 0.3 is 0 Å². The van der Waals surface area contributed by atoms with Crippen molar-refractivity contribution in [3.05, 3.63) is 30.2 Å². The van der Waals surface area contributed by atoms with E-state index in [0.717, 1.165) is 17.7 Å². The summed E-state index contributed by atoms with van der Waals surface area (Å²) in [5, 5.41) is 7.93. The summed E-state index contributed by atoms with van der Waals surface area (Å²) in [6.07, 6.45) is 1.56. The maximum Gasteiger partial charge on any atom is 0.247 e. The lowest BCUT2D eigenvalue weighted by Gasteiger charge is -2.04. The zero-order valence-corrected chi connectivity index (χ0v) is 11.0. The van der Waals surface area contributed by atoms with E-state index in [4.69, 9.17) is 20.8 Å². The van der Waals surface area contributed by atoms with Crippen molar-refractivity contribution in [1.82, 2.24) is 10.2 Å². The summed E-state index contributed by atoms with van der Waals surface area (Å²) in [6.45, 7) is 2.77. The van der Waals surface area contributed by atoms with Crippen molar-refractivity contribution < 1.29 is 9.15 Å². The molecule has 0 bridgehead atoms. The first-order valence-corrected chi connectivity index (χ1v) is 6.48. The van der Waals surface area contributed by atoms with E-state index in [1.165, 1.54) is 0 Å². The Morgan fingerprint density at radius 3 is 3.00 bits per heavy atom. The highest BCUT2D eigenvalue weighted by molar-refractivity contribution is 6.17. The van der Waals surface area contributed by atoms with Gasteiger partial charge in [0.15, 0.2) is 0 Å². The summed E-state index contributed by atoms with van der Waals surface area (Å²) in [5.41, 5.74) is 0.858. The van der Waals surface area contributed by atoms with E-state index in [1.54, 1.807) is 0 Å². The van der Waals surface area contributed by atoms with E-state index in [1.807, 2.05) is 24.3 Å². The van der Waals surface area contributed by atoms with Gasteiger partial charge in [0.2, 0.25) is 11.8 Å². The van der Waals surface area contributed by atoms with E-state index in [9.17, 15) is 0 Å². The van der Waals surface area contributed by atoms with Crippen molar-refractivity contribution in [3.63, 3.8) is 0 Å². The van der Waals surface area contributed by atoms with Crippen molar-refractivity contribution in [2.45, 2.75) is 19.8 Å². The minimum absolute atomic E-state index is 0.473. The second kappa shape index (κ2) is 6.40. The highest BCUT2D eigenvalue weighted by Gasteiger charge is 2.08. The lowest BCUT2D eigenvalue weighted by Crippen LogP contribution is -1.94. The monoisotopic (exact) mass is 266 g/mol. The Balaban J connectivity index is 2.15. The predicted molar refractivity (Wildman–Crippen MR) is 69.9 cm³/mol. The lowest BCUT2D eigenvalue weighted by atomic mass is 10.2. The summed E-state index contributed by atoms with van der Waals surface area (Å²) >= 11 is 5.63. The van der Waals surface area contributed by atoms with Crippen LogP contribution in [0.3, 0.4) is 0 Å². The van der Waals surface area contributed by atoms with Crippen LogP contribution >= 0.6 is 11.6 Å². The number of aromatic nitrogens is 2. The zero-order valence-electron chi connectivity index (χ0n) is 10.2. The van der Waals surface area contributed by atoms with E-state index in [-0.39, 0.29) is 0 Å². The van der Waals surface area contributed by atoms with E-state index in [2.05, 4.69) is 17.1 Å². The Morgan fingerprint density at radius 1 is 1.33 bits per heavy atom. The Morgan fingerprint density at radius 2 is 2.22 bits per heavy atom. The van der Waals surface area contributed by atoms with Gasteiger partial charge in [-0.2, -0.15) is 0 Å². The number of halogens is 1. The number of hydrogen-bond donors (Lipinski definition) is 0. The summed E-state index contributed by atoms with van der Waals surface area (Å²) in [5.74, 6) is 2.34. The molecule has 0 saturated heterocycles. The molecule has 0 unspecified atom stereocenters. The fraction of sp³-hybridized carbons (Fsp3) is 0.385. The summed E-state index contributed by atoms with van der Waals surface area (Å²) in [7, 11) is 0. The van der Waals surface area contributed by atoms with Gasteiger partial charge in [-0.3, -0.25) is 0 Å². The first-order chi connectivity index (χ1) is 8.83. The molecule has 0 amide bonds. The minimum atomic E-state index is 0.473. The number of rotatable bonds is 6. The van der Waals surface area contributed by atoms with E-state index in [0.29, 0.717) is 30.7 Å². The fourth-order valence-electron chi connectivity index (χ4n) is 1.49. The van der Waals surface area contributed by atoms with Crippen LogP contribution < -0.4 is 4.74 Å². The molecule has 1 heterocycles. The third-order valence-corrected chi connectivity index (χ3v) is 2.52. The maximum absolute atomic E-state index is 5.63. The first kappa shape index (κ1) is 12.9. The molecule has 0 saturated carbocycles. The first-order valence-electron chi connectivity index (χ1n) is 5.95. The van der Waals surface area contributed by atoms with Crippen molar-refractivity contribution in [2.24, 2.45) is 0 Å². The number of alkyl halides is 1. The molecule has 0 spiro atoms. The van der Waals surface area contributed by atoms with Crippen LogP contribution in [0.4, 0.5) is 0 Å². The average Bonchev–Trinajstić information content (AvgIpc) is 2.86. The molecular formula is C13H15ClN2O2. The summed E-state index contributed by atoms with van der Waals surface area (Å²) < 4.78 is 11.1. The SMILES string of the molecule is CCCOc1cccc(-c2nnc(CCCl)o2)c1. The number of ether oxygens (including phenoxy) is 1. The van der Waals surface area contributed by atoms with Crippen molar-refractivity contribution in [3.8, 4) is 17.2 Å². The van der Waals surface area contributed by atoms with Crippen LogP contribution in [-0.2, 0) is 6.42 Å². The molecule has 0 fully saturated rings. The molecule has 1 aromatic heterocycles. The molecule has 0 aliphatic carbocycles. The molecule has 0 aliphatic heterocycles. The third-order valence-electron chi connectivity index (χ3n) is 2.33. The highest BCUT2D eigenvalue weighted by Crippen LogP contribution is 2.23. The molecular weight excluding hydrogens is 252 g/mol. The molecule has 1 aromatic carbocycles. The molecule has 0 N–H and O–H groups in total. The molecule has 5 heteroatoms. The summed E-state index contributed by atoms with van der Waals surface area (Å²) in [6, 6.07) is 7.63. The van der Waals surface area contributed by atoms with Crippen LogP contribution in [0.1, 0.15) is 19.2 Å². The fourth-order valence-corrected chi connectivity index (χ4v) is 1.65. The van der Waals surface area contributed by atoms with Gasteiger partial charge in [0.25, 0.3) is 0 Å². The van der Waals surface area contributed by atoms with Crippen molar-refractivity contribution in [1.29, 1.82) is 0 Å². The zero-order chi connectivity index (χ0) is 12.8. The molecule has 0 radical (unpaired) electrons. The van der Waals surface area contributed by atoms with Crippen LogP contribution in [0, 0.1) is 0 Å². The van der Waals surface area contributed by atoms with Gasteiger partial charge in [-0.15, -0.1) is 21.8 Å². The van der Waals surface area contributed by atoms with Gasteiger partial charge in [0.05, 0.1) is 6.61 Å². The van der Waals surface area contributed by atoms with Crippen LogP contribution in [-0.4, -0.2) is 22.7 Å². The molecule has 18 heavy (non-hydrogen) atoms. The van der Waals surface area contributed by atoms with Gasteiger partial charge in [-0.1, -0.05) is 13.0 Å². The third kappa shape index (κ3) is 3.23. The summed E-state index contributed by atoms with van der Waals surface area (Å²) in [4.78, 5) is 0. The number of nitrogens with zero attached hydrogens (tertiary/aromatic N) is 2. The normalized spacial score (nSPS) is 10.6. The Hall–Kier alpha value is -1.55. The number of benzene rings is 1. The largest absolute Gasteiger partial charge is 0.494 e. The minimum Gasteiger partial charge on any atom is -0.494 e. The second-order valence-electron chi connectivity index (χ2n) is 3.82. The van der Waals surface area contributed by atoms with Gasteiger partial charge in [0, 0.05) is 17.9 Å². The number of hydrogen-bond acceptors (Lipinski definition) is 4. The standard InChI is InChI=1S/C13H15ClN2O2/c1-2-8-17-11-5-3-4-10(9-11)13-16-15-12(18-13)6-7-14/h3-5,9H,2,6-8H2,1H3. The van der Waals surface area contributed by atoms with Crippen molar-refractivity contribution >= 4 is 11.6 Å². The molecule has 2 rings (SSSR count). The number of aryl methyl sites for hydroxylation is 1. The van der Waals surface area contributed by atoms with Crippen LogP contribution in [0.25, 0.3) is 11.5 Å². The van der Waals surface area contributed by atoms with E-state index < -0.39 is 0 Å². The molecule has 96 valence electrons. The Kier molecular flexibility index (Phi) is 4.59. The molecule has 0 atom stereocenters. The van der Waals surface area contributed by atoms with Gasteiger partial charge in [-0.25, -0.2) is 0 Å². The maximum atomic E-state index is 5.63. The van der Waals surface area contributed by atoms with E-state index >= 15 is 0 Å². The average molecular weight is 267 g/mol. The van der Waals surface area contributed by atoms with Gasteiger partial charge < -0.3 is 9.15 Å². The van der Waals surface area contributed by atoms with Crippen LogP contribution in [0.5, 0.6) is 5.75 Å². The predicted octanol–water partition coefficient (Wildman–Crippen LogP) is 3.31. The second-order valence-corrected chi connectivity index (χ2v) is 4.19. The quantitative estimate of drug-likeness (QED) is 0.753. The topological polar surface area (TPSA) is 48.2 Å². The Labute approximate surface area is 111 Å². The molecule has 0 aliphatic rings. The highest BCUT2D eigenvalue weighted by atomic mass is 35.5.